The number of benzene rings is 1. The standard InChI is InChI=1S/C14H21N3O/c1-15-10-16(2)9-11-4-6-13-12(8-11)5-7-14(18)17(13)3/h4,6,8,15H,5,7,9-10H2,1-3H3. The Morgan fingerprint density at radius 2 is 2.17 bits per heavy atom. The van der Waals surface area contributed by atoms with Crippen molar-refractivity contribution in [3.05, 3.63) is 29.3 Å². The second-order valence-corrected chi connectivity index (χ2v) is 4.94. The predicted molar refractivity (Wildman–Crippen MR) is 73.6 cm³/mol. The highest BCUT2D eigenvalue weighted by Gasteiger charge is 2.20. The molecule has 0 fully saturated rings. The maximum absolute atomic E-state index is 11.6. The summed E-state index contributed by atoms with van der Waals surface area (Å²) in [6.07, 6.45) is 1.49. The van der Waals surface area contributed by atoms with Crippen molar-refractivity contribution in [3.8, 4) is 0 Å². The molecule has 0 saturated heterocycles. The van der Waals surface area contributed by atoms with E-state index in [1.807, 2.05) is 14.1 Å². The van der Waals surface area contributed by atoms with E-state index in [2.05, 4.69) is 35.5 Å². The first-order chi connectivity index (χ1) is 8.61. The number of rotatable bonds is 4. The number of fused-ring (bicyclic) bond motifs is 1. The number of amides is 1. The highest BCUT2D eigenvalue weighted by Crippen LogP contribution is 2.27. The Morgan fingerprint density at radius 1 is 1.39 bits per heavy atom. The van der Waals surface area contributed by atoms with Gasteiger partial charge in [-0.25, -0.2) is 0 Å². The quantitative estimate of drug-likeness (QED) is 0.812. The molecular formula is C14H21N3O. The molecule has 18 heavy (non-hydrogen) atoms. The smallest absolute Gasteiger partial charge is 0.227 e. The lowest BCUT2D eigenvalue weighted by atomic mass is 9.99. The van der Waals surface area contributed by atoms with Gasteiger partial charge in [-0.3, -0.25) is 9.69 Å². The first-order valence-corrected chi connectivity index (χ1v) is 6.33. The van der Waals surface area contributed by atoms with Gasteiger partial charge in [0.15, 0.2) is 0 Å². The Morgan fingerprint density at radius 3 is 2.89 bits per heavy atom. The summed E-state index contributed by atoms with van der Waals surface area (Å²) >= 11 is 0. The van der Waals surface area contributed by atoms with Crippen LogP contribution in [0.15, 0.2) is 18.2 Å². The fourth-order valence-corrected chi connectivity index (χ4v) is 2.45. The van der Waals surface area contributed by atoms with Crippen LogP contribution in [0, 0.1) is 0 Å². The minimum atomic E-state index is 0.211. The zero-order chi connectivity index (χ0) is 13.1. The number of nitrogens with zero attached hydrogens (tertiary/aromatic N) is 2. The molecule has 0 spiro atoms. The van der Waals surface area contributed by atoms with Crippen molar-refractivity contribution in [2.75, 3.05) is 32.7 Å². The van der Waals surface area contributed by atoms with Crippen LogP contribution < -0.4 is 10.2 Å². The van der Waals surface area contributed by atoms with E-state index in [9.17, 15) is 4.79 Å². The van der Waals surface area contributed by atoms with Crippen LogP contribution in [0.3, 0.4) is 0 Å². The molecule has 0 atom stereocenters. The largest absolute Gasteiger partial charge is 0.315 e. The van der Waals surface area contributed by atoms with Crippen LogP contribution in [-0.4, -0.2) is 38.6 Å². The minimum absolute atomic E-state index is 0.211. The molecule has 0 aromatic heterocycles. The van der Waals surface area contributed by atoms with Gasteiger partial charge in [-0.2, -0.15) is 0 Å². The van der Waals surface area contributed by atoms with E-state index < -0.39 is 0 Å². The second-order valence-electron chi connectivity index (χ2n) is 4.94. The predicted octanol–water partition coefficient (Wildman–Crippen LogP) is 1.20. The van der Waals surface area contributed by atoms with Gasteiger partial charge in [0.25, 0.3) is 0 Å². The summed E-state index contributed by atoms with van der Waals surface area (Å²) in [5, 5.41) is 3.14. The summed E-state index contributed by atoms with van der Waals surface area (Å²) in [5.74, 6) is 0.211. The molecule has 1 aliphatic heterocycles. The SMILES string of the molecule is CNCN(C)Cc1ccc2c(c1)CCC(=O)N2C. The lowest BCUT2D eigenvalue weighted by Gasteiger charge is -2.26. The topological polar surface area (TPSA) is 35.6 Å². The molecule has 0 unspecified atom stereocenters. The van der Waals surface area contributed by atoms with Gasteiger partial charge >= 0.3 is 0 Å². The van der Waals surface area contributed by atoms with Gasteiger partial charge in [0.1, 0.15) is 0 Å². The van der Waals surface area contributed by atoms with Crippen LogP contribution in [0.1, 0.15) is 17.5 Å². The van der Waals surface area contributed by atoms with Crippen molar-refractivity contribution in [1.82, 2.24) is 10.2 Å². The molecule has 0 radical (unpaired) electrons. The van der Waals surface area contributed by atoms with Gasteiger partial charge in [0.05, 0.1) is 0 Å². The maximum Gasteiger partial charge on any atom is 0.227 e. The van der Waals surface area contributed by atoms with Crippen molar-refractivity contribution in [1.29, 1.82) is 0 Å². The molecule has 4 heteroatoms. The Balaban J connectivity index is 2.15. The first-order valence-electron chi connectivity index (χ1n) is 6.33. The first kappa shape index (κ1) is 13.1. The minimum Gasteiger partial charge on any atom is -0.315 e. The van der Waals surface area contributed by atoms with E-state index in [4.69, 9.17) is 0 Å². The summed E-state index contributed by atoms with van der Waals surface area (Å²) in [7, 11) is 5.89. The molecule has 0 bridgehead atoms. The van der Waals surface area contributed by atoms with E-state index in [1.165, 1.54) is 11.1 Å². The van der Waals surface area contributed by atoms with E-state index in [0.717, 1.165) is 25.3 Å². The summed E-state index contributed by atoms with van der Waals surface area (Å²) in [5.41, 5.74) is 3.65. The van der Waals surface area contributed by atoms with Crippen molar-refractivity contribution in [2.24, 2.45) is 0 Å². The van der Waals surface area contributed by atoms with Gasteiger partial charge in [-0.1, -0.05) is 12.1 Å². The Hall–Kier alpha value is -1.39. The average Bonchev–Trinajstić information content (AvgIpc) is 2.34. The third-order valence-electron chi connectivity index (χ3n) is 3.37. The van der Waals surface area contributed by atoms with Crippen molar-refractivity contribution < 1.29 is 4.79 Å². The summed E-state index contributed by atoms with van der Waals surface area (Å²) in [6.45, 7) is 1.79. The van der Waals surface area contributed by atoms with Crippen LogP contribution >= 0.6 is 0 Å². The fourth-order valence-electron chi connectivity index (χ4n) is 2.45. The van der Waals surface area contributed by atoms with Crippen molar-refractivity contribution >= 4 is 11.6 Å². The van der Waals surface area contributed by atoms with E-state index in [0.29, 0.717) is 6.42 Å². The number of nitrogens with one attached hydrogen (secondary N) is 1. The summed E-state index contributed by atoms with van der Waals surface area (Å²) in [4.78, 5) is 15.6. The van der Waals surface area contributed by atoms with Crippen LogP contribution in [0.5, 0.6) is 0 Å². The Labute approximate surface area is 109 Å². The molecule has 1 aliphatic rings. The molecule has 1 heterocycles. The monoisotopic (exact) mass is 247 g/mol. The molecule has 1 N–H and O–H groups in total. The zero-order valence-corrected chi connectivity index (χ0v) is 11.4. The van der Waals surface area contributed by atoms with Gasteiger partial charge < -0.3 is 10.2 Å². The lowest BCUT2D eigenvalue weighted by molar-refractivity contribution is -0.118. The summed E-state index contributed by atoms with van der Waals surface area (Å²) in [6, 6.07) is 6.40. The molecule has 1 aromatic carbocycles. The van der Waals surface area contributed by atoms with Crippen LogP contribution in [0.4, 0.5) is 5.69 Å². The van der Waals surface area contributed by atoms with Crippen LogP contribution in [0.2, 0.25) is 0 Å². The van der Waals surface area contributed by atoms with Crippen LogP contribution in [-0.2, 0) is 17.8 Å². The molecule has 98 valence electrons. The van der Waals surface area contributed by atoms with Gasteiger partial charge in [-0.05, 0) is 37.7 Å². The maximum atomic E-state index is 11.6. The molecule has 4 nitrogen and oxygen atoms in total. The van der Waals surface area contributed by atoms with E-state index >= 15 is 0 Å². The highest BCUT2D eigenvalue weighted by molar-refractivity contribution is 5.95. The molecule has 1 amide bonds. The average molecular weight is 247 g/mol. The number of aryl methyl sites for hydroxylation is 1. The molecular weight excluding hydrogens is 226 g/mol. The van der Waals surface area contributed by atoms with E-state index in [1.54, 1.807) is 4.90 Å². The Kier molecular flexibility index (Phi) is 3.99. The number of anilines is 1. The highest BCUT2D eigenvalue weighted by atomic mass is 16.2. The molecule has 2 rings (SSSR count). The molecule has 0 aliphatic carbocycles. The molecule has 1 aromatic rings. The number of hydrogen-bond donors (Lipinski definition) is 1. The fraction of sp³-hybridized carbons (Fsp3) is 0.500. The van der Waals surface area contributed by atoms with E-state index in [-0.39, 0.29) is 5.91 Å². The van der Waals surface area contributed by atoms with Gasteiger partial charge in [0.2, 0.25) is 5.91 Å². The lowest BCUT2D eigenvalue weighted by Crippen LogP contribution is -2.31. The zero-order valence-electron chi connectivity index (χ0n) is 11.4. The van der Waals surface area contributed by atoms with Crippen molar-refractivity contribution in [2.45, 2.75) is 19.4 Å². The number of carbonyl (C=O) groups is 1. The summed E-state index contributed by atoms with van der Waals surface area (Å²) < 4.78 is 0. The van der Waals surface area contributed by atoms with Crippen LogP contribution in [0.25, 0.3) is 0 Å². The number of hydrogen-bond acceptors (Lipinski definition) is 3. The van der Waals surface area contributed by atoms with Gasteiger partial charge in [-0.15, -0.1) is 0 Å². The Bertz CT molecular complexity index is 445. The second kappa shape index (κ2) is 5.50. The third-order valence-corrected chi connectivity index (χ3v) is 3.37. The normalized spacial score (nSPS) is 15.1. The third kappa shape index (κ3) is 2.71. The van der Waals surface area contributed by atoms with Crippen molar-refractivity contribution in [3.63, 3.8) is 0 Å². The number of carbonyl (C=O) groups excluding carboxylic acids is 1. The van der Waals surface area contributed by atoms with Gasteiger partial charge in [0, 0.05) is 32.4 Å². The molecule has 0 saturated carbocycles.